The number of nitrogens with zero attached hydrogens (tertiary/aromatic N) is 2. The minimum Gasteiger partial charge on any atom is -0.293 e. The predicted octanol–water partition coefficient (Wildman–Crippen LogP) is 3.74. The molecule has 0 unspecified atom stereocenters. The fourth-order valence-corrected chi connectivity index (χ4v) is 4.52. The van der Waals surface area contributed by atoms with Crippen molar-refractivity contribution in [1.82, 2.24) is 9.55 Å². The summed E-state index contributed by atoms with van der Waals surface area (Å²) >= 11 is 1.75. The van der Waals surface area contributed by atoms with E-state index in [0.29, 0.717) is 11.3 Å². The number of hydrogen-bond donors (Lipinski definition) is 0. The molecule has 0 amide bonds. The molecule has 0 N–H and O–H groups in total. The molecule has 0 atom stereocenters. The van der Waals surface area contributed by atoms with Crippen LogP contribution in [0.15, 0.2) is 9.82 Å². The van der Waals surface area contributed by atoms with Crippen molar-refractivity contribution in [1.29, 1.82) is 0 Å². The van der Waals surface area contributed by atoms with Gasteiger partial charge >= 0.3 is 5.69 Å². The molecule has 2 aliphatic carbocycles. The number of fused-ring (bicyclic) bond motifs is 1. The van der Waals surface area contributed by atoms with Gasteiger partial charge in [-0.25, -0.2) is 4.79 Å². The summed E-state index contributed by atoms with van der Waals surface area (Å²) in [6.07, 6.45) is 9.50. The number of hydrogen-bond acceptors (Lipinski definition) is 3. The minimum absolute atomic E-state index is 0.000648. The van der Waals surface area contributed by atoms with Crippen molar-refractivity contribution in [2.75, 3.05) is 0 Å². The van der Waals surface area contributed by atoms with E-state index in [1.165, 1.54) is 36.9 Å². The lowest BCUT2D eigenvalue weighted by molar-refractivity contribution is 0.334. The van der Waals surface area contributed by atoms with Gasteiger partial charge in [-0.05, 0) is 32.1 Å². The topological polar surface area (TPSA) is 34.9 Å². The lowest BCUT2D eigenvalue weighted by Gasteiger charge is -2.26. The second-order valence-electron chi connectivity index (χ2n) is 6.31. The first-order valence-corrected chi connectivity index (χ1v) is 8.85. The molecule has 1 heterocycles. The highest BCUT2D eigenvalue weighted by Gasteiger charge is 2.26. The Kier molecular flexibility index (Phi) is 4.20. The van der Waals surface area contributed by atoms with Crippen LogP contribution >= 0.6 is 11.8 Å². The van der Waals surface area contributed by atoms with Crippen molar-refractivity contribution >= 4 is 11.8 Å². The summed E-state index contributed by atoms with van der Waals surface area (Å²) < 4.78 is 2.06. The zero-order chi connectivity index (χ0) is 14.1. The smallest absolute Gasteiger partial charge is 0.293 e. The van der Waals surface area contributed by atoms with Gasteiger partial charge in [-0.15, -0.1) is 11.8 Å². The molecule has 110 valence electrons. The summed E-state index contributed by atoms with van der Waals surface area (Å²) in [6.45, 7) is 4.33. The van der Waals surface area contributed by atoms with Gasteiger partial charge in [-0.2, -0.15) is 4.98 Å². The third-order valence-corrected chi connectivity index (χ3v) is 5.46. The van der Waals surface area contributed by atoms with Crippen LogP contribution in [-0.2, 0) is 12.8 Å². The summed E-state index contributed by atoms with van der Waals surface area (Å²) in [5.74, 6) is 0. The van der Waals surface area contributed by atoms with Crippen LogP contribution in [0.5, 0.6) is 0 Å². The molecular weight excluding hydrogens is 268 g/mol. The molecule has 0 spiro atoms. The first-order chi connectivity index (χ1) is 9.66. The van der Waals surface area contributed by atoms with Gasteiger partial charge in [0.05, 0.1) is 0 Å². The van der Waals surface area contributed by atoms with Crippen LogP contribution in [-0.4, -0.2) is 14.8 Å². The maximum absolute atomic E-state index is 12.5. The first kappa shape index (κ1) is 14.2. The fraction of sp³-hybridized carbons (Fsp3) is 0.750. The van der Waals surface area contributed by atoms with E-state index in [1.54, 1.807) is 11.8 Å². The Morgan fingerprint density at radius 1 is 1.15 bits per heavy atom. The summed E-state index contributed by atoms with van der Waals surface area (Å²) in [6, 6.07) is 0.411. The summed E-state index contributed by atoms with van der Waals surface area (Å²) in [5.41, 5.74) is 2.68. The Hall–Kier alpha value is -0.770. The average molecular weight is 292 g/mol. The van der Waals surface area contributed by atoms with E-state index in [4.69, 9.17) is 0 Å². The van der Waals surface area contributed by atoms with Crippen LogP contribution in [0.1, 0.15) is 69.7 Å². The molecule has 0 bridgehead atoms. The largest absolute Gasteiger partial charge is 0.349 e. The van der Waals surface area contributed by atoms with Gasteiger partial charge in [0.15, 0.2) is 0 Å². The Balaban J connectivity index is 2.03. The normalized spacial score (nSPS) is 19.6. The number of thioether (sulfide) groups is 1. The fourth-order valence-electron chi connectivity index (χ4n) is 3.58. The van der Waals surface area contributed by atoms with Crippen molar-refractivity contribution in [2.45, 2.75) is 81.5 Å². The van der Waals surface area contributed by atoms with E-state index in [9.17, 15) is 4.79 Å². The van der Waals surface area contributed by atoms with Gasteiger partial charge in [0, 0.05) is 22.5 Å². The quantitative estimate of drug-likeness (QED) is 0.629. The molecule has 0 radical (unpaired) electrons. The Morgan fingerprint density at radius 2 is 1.90 bits per heavy atom. The predicted molar refractivity (Wildman–Crippen MR) is 83.6 cm³/mol. The molecule has 3 nitrogen and oxygen atoms in total. The van der Waals surface area contributed by atoms with E-state index < -0.39 is 0 Å². The van der Waals surface area contributed by atoms with Gasteiger partial charge in [-0.3, -0.25) is 4.57 Å². The van der Waals surface area contributed by atoms with Gasteiger partial charge in [0.1, 0.15) is 5.03 Å². The maximum Gasteiger partial charge on any atom is 0.349 e. The zero-order valence-electron chi connectivity index (χ0n) is 12.5. The lowest BCUT2D eigenvalue weighted by Crippen LogP contribution is -2.32. The average Bonchev–Trinajstić information content (AvgIpc) is 2.88. The van der Waals surface area contributed by atoms with Gasteiger partial charge in [0.25, 0.3) is 0 Å². The molecular formula is C16H24N2OS. The van der Waals surface area contributed by atoms with Crippen molar-refractivity contribution < 1.29 is 0 Å². The molecule has 4 heteroatoms. The third kappa shape index (κ3) is 2.67. The molecule has 1 saturated carbocycles. The Morgan fingerprint density at radius 3 is 2.60 bits per heavy atom. The standard InChI is InChI=1S/C16H24N2OS/c1-11(2)20-15-13-9-6-10-14(13)18(16(19)17-15)12-7-4-3-5-8-12/h11-12H,3-10H2,1-2H3. The Labute approximate surface area is 125 Å². The zero-order valence-corrected chi connectivity index (χ0v) is 13.3. The highest BCUT2D eigenvalue weighted by atomic mass is 32.2. The first-order valence-electron chi connectivity index (χ1n) is 7.97. The molecule has 0 aliphatic heterocycles. The van der Waals surface area contributed by atoms with Crippen LogP contribution in [0.3, 0.4) is 0 Å². The van der Waals surface area contributed by atoms with Crippen LogP contribution in [0.25, 0.3) is 0 Å². The highest BCUT2D eigenvalue weighted by Crippen LogP contribution is 2.35. The molecule has 0 aromatic carbocycles. The van der Waals surface area contributed by atoms with E-state index in [-0.39, 0.29) is 5.69 Å². The maximum atomic E-state index is 12.5. The van der Waals surface area contributed by atoms with Gasteiger partial charge in [0.2, 0.25) is 0 Å². The molecule has 2 aliphatic rings. The lowest BCUT2D eigenvalue weighted by atomic mass is 9.95. The van der Waals surface area contributed by atoms with Gasteiger partial charge < -0.3 is 0 Å². The molecule has 0 saturated heterocycles. The minimum atomic E-state index is 0.000648. The van der Waals surface area contributed by atoms with Crippen LogP contribution in [0.4, 0.5) is 0 Å². The van der Waals surface area contributed by atoms with Crippen molar-refractivity contribution in [3.8, 4) is 0 Å². The van der Waals surface area contributed by atoms with Crippen LogP contribution < -0.4 is 5.69 Å². The van der Waals surface area contributed by atoms with E-state index in [0.717, 1.165) is 30.7 Å². The van der Waals surface area contributed by atoms with E-state index >= 15 is 0 Å². The van der Waals surface area contributed by atoms with Crippen LogP contribution in [0, 0.1) is 0 Å². The molecule has 1 aromatic rings. The van der Waals surface area contributed by atoms with Gasteiger partial charge in [-0.1, -0.05) is 33.1 Å². The number of aromatic nitrogens is 2. The Bertz CT molecular complexity index is 544. The number of rotatable bonds is 3. The molecule has 20 heavy (non-hydrogen) atoms. The van der Waals surface area contributed by atoms with E-state index in [1.807, 2.05) is 0 Å². The second-order valence-corrected chi connectivity index (χ2v) is 7.87. The second kappa shape index (κ2) is 5.92. The molecule has 1 aromatic heterocycles. The molecule has 1 fully saturated rings. The van der Waals surface area contributed by atoms with Crippen molar-refractivity contribution in [2.24, 2.45) is 0 Å². The monoisotopic (exact) mass is 292 g/mol. The van der Waals surface area contributed by atoms with Crippen molar-refractivity contribution in [3.05, 3.63) is 21.7 Å². The van der Waals surface area contributed by atoms with E-state index in [2.05, 4.69) is 23.4 Å². The highest BCUT2D eigenvalue weighted by molar-refractivity contribution is 7.99. The summed E-state index contributed by atoms with van der Waals surface area (Å²) in [4.78, 5) is 16.9. The van der Waals surface area contributed by atoms with Crippen LogP contribution in [0.2, 0.25) is 0 Å². The summed E-state index contributed by atoms with van der Waals surface area (Å²) in [5, 5.41) is 1.49. The third-order valence-electron chi connectivity index (χ3n) is 4.43. The molecule has 3 rings (SSSR count). The summed E-state index contributed by atoms with van der Waals surface area (Å²) in [7, 11) is 0. The SMILES string of the molecule is CC(C)Sc1nc(=O)n(C2CCCCC2)c2c1CCC2. The van der Waals surface area contributed by atoms with Crippen molar-refractivity contribution in [3.63, 3.8) is 0 Å².